The summed E-state index contributed by atoms with van der Waals surface area (Å²) in [6, 6.07) is 11.3. The second-order valence-electron chi connectivity index (χ2n) is 5.11. The summed E-state index contributed by atoms with van der Waals surface area (Å²) >= 11 is 0. The predicted octanol–water partition coefficient (Wildman–Crippen LogP) is 3.43. The largest absolute Gasteiger partial charge is 0.370 e. The van der Waals surface area contributed by atoms with E-state index in [1.807, 2.05) is 12.1 Å². The Bertz CT molecular complexity index is 809. The first kappa shape index (κ1) is 14.1. The number of aryl methyl sites for hydroxylation is 1. The molecule has 0 aliphatic heterocycles. The molecule has 0 aliphatic rings. The van der Waals surface area contributed by atoms with Crippen LogP contribution in [0, 0.1) is 17.0 Å². The molecule has 0 spiro atoms. The Morgan fingerprint density at radius 2 is 2.09 bits per heavy atom. The number of nitrogens with one attached hydrogen (secondary N) is 2. The van der Waals surface area contributed by atoms with E-state index < -0.39 is 4.92 Å². The highest BCUT2D eigenvalue weighted by Crippen LogP contribution is 2.22. The number of fused-ring (bicyclic) bond motifs is 1. The van der Waals surface area contributed by atoms with E-state index >= 15 is 0 Å². The Kier molecular flexibility index (Phi) is 3.74. The van der Waals surface area contributed by atoms with Crippen molar-refractivity contribution in [1.29, 1.82) is 0 Å². The van der Waals surface area contributed by atoms with Gasteiger partial charge in [-0.3, -0.25) is 10.1 Å². The van der Waals surface area contributed by atoms with Crippen molar-refractivity contribution in [3.8, 4) is 0 Å². The fourth-order valence-corrected chi connectivity index (χ4v) is 2.57. The van der Waals surface area contributed by atoms with Crippen molar-refractivity contribution in [2.45, 2.75) is 13.3 Å². The maximum Gasteiger partial charge on any atom is 0.287 e. The summed E-state index contributed by atoms with van der Waals surface area (Å²) < 4.78 is 0. The Morgan fingerprint density at radius 1 is 1.27 bits per heavy atom. The number of nitrogens with zero attached hydrogens (tertiary/aromatic N) is 2. The summed E-state index contributed by atoms with van der Waals surface area (Å²) in [7, 11) is 0. The zero-order valence-corrected chi connectivity index (χ0v) is 12.2. The number of para-hydroxylation sites is 1. The SMILES string of the molecule is Cc1[nH]c2ccccc2c1CCNc1ccc([N+](=O)[O-])cn1. The van der Waals surface area contributed by atoms with Gasteiger partial charge in [0.1, 0.15) is 12.0 Å². The molecule has 0 saturated carbocycles. The van der Waals surface area contributed by atoms with E-state index in [9.17, 15) is 10.1 Å². The average Bonchev–Trinajstić information content (AvgIpc) is 2.84. The van der Waals surface area contributed by atoms with Crippen LogP contribution in [0.1, 0.15) is 11.3 Å². The Labute approximate surface area is 127 Å². The van der Waals surface area contributed by atoms with Crippen molar-refractivity contribution in [2.24, 2.45) is 0 Å². The van der Waals surface area contributed by atoms with Gasteiger partial charge in [-0.15, -0.1) is 0 Å². The van der Waals surface area contributed by atoms with Gasteiger partial charge in [-0.25, -0.2) is 4.98 Å². The van der Waals surface area contributed by atoms with Crippen molar-refractivity contribution >= 4 is 22.4 Å². The maximum atomic E-state index is 10.6. The van der Waals surface area contributed by atoms with Crippen LogP contribution in [0.2, 0.25) is 0 Å². The second kappa shape index (κ2) is 5.85. The van der Waals surface area contributed by atoms with E-state index in [1.54, 1.807) is 6.07 Å². The van der Waals surface area contributed by atoms with Crippen molar-refractivity contribution < 1.29 is 4.92 Å². The zero-order valence-electron chi connectivity index (χ0n) is 12.2. The van der Waals surface area contributed by atoms with Gasteiger partial charge in [-0.05, 0) is 31.0 Å². The van der Waals surface area contributed by atoms with Crippen molar-refractivity contribution in [1.82, 2.24) is 9.97 Å². The molecule has 0 fully saturated rings. The standard InChI is InChI=1S/C16H16N4O2/c1-11-13(14-4-2-3-5-15(14)19-11)8-9-17-16-7-6-12(10-18-16)20(21)22/h2-7,10,19H,8-9H2,1H3,(H,17,18). The number of hydrogen-bond acceptors (Lipinski definition) is 4. The molecule has 3 aromatic rings. The molecule has 0 unspecified atom stereocenters. The lowest BCUT2D eigenvalue weighted by Crippen LogP contribution is -2.06. The van der Waals surface area contributed by atoms with E-state index in [2.05, 4.69) is 34.3 Å². The van der Waals surface area contributed by atoms with Crippen LogP contribution in [0.5, 0.6) is 0 Å². The molecule has 6 heteroatoms. The van der Waals surface area contributed by atoms with Crippen LogP contribution >= 0.6 is 0 Å². The first-order valence-electron chi connectivity index (χ1n) is 7.05. The number of nitro groups is 1. The molecule has 2 aromatic heterocycles. The van der Waals surface area contributed by atoms with E-state index in [4.69, 9.17) is 0 Å². The molecule has 6 nitrogen and oxygen atoms in total. The number of aromatic nitrogens is 2. The summed E-state index contributed by atoms with van der Waals surface area (Å²) in [5, 5.41) is 15.0. The van der Waals surface area contributed by atoms with Crippen LogP contribution in [-0.2, 0) is 6.42 Å². The minimum absolute atomic E-state index is 0.00183. The molecule has 0 amide bonds. The number of aromatic amines is 1. The van der Waals surface area contributed by atoms with Gasteiger partial charge in [0.15, 0.2) is 0 Å². The third kappa shape index (κ3) is 2.76. The number of H-pyrrole nitrogens is 1. The summed E-state index contributed by atoms with van der Waals surface area (Å²) in [6.45, 7) is 2.78. The van der Waals surface area contributed by atoms with Gasteiger partial charge in [-0.1, -0.05) is 18.2 Å². The lowest BCUT2D eigenvalue weighted by molar-refractivity contribution is -0.385. The molecule has 3 rings (SSSR count). The average molecular weight is 296 g/mol. The first-order valence-corrected chi connectivity index (χ1v) is 7.05. The fraction of sp³-hybridized carbons (Fsp3) is 0.188. The minimum Gasteiger partial charge on any atom is -0.370 e. The number of anilines is 1. The monoisotopic (exact) mass is 296 g/mol. The Hall–Kier alpha value is -2.89. The Morgan fingerprint density at radius 3 is 2.82 bits per heavy atom. The normalized spacial score (nSPS) is 10.8. The van der Waals surface area contributed by atoms with E-state index in [0.29, 0.717) is 12.4 Å². The number of rotatable bonds is 5. The highest BCUT2D eigenvalue weighted by Gasteiger charge is 2.08. The summed E-state index contributed by atoms with van der Waals surface area (Å²) in [4.78, 5) is 17.6. The van der Waals surface area contributed by atoms with Crippen LogP contribution in [0.25, 0.3) is 10.9 Å². The summed E-state index contributed by atoms with van der Waals surface area (Å²) in [5.41, 5.74) is 3.59. The molecular weight excluding hydrogens is 280 g/mol. The third-order valence-corrected chi connectivity index (χ3v) is 3.67. The van der Waals surface area contributed by atoms with Gasteiger partial charge in [0.05, 0.1) is 4.92 Å². The van der Waals surface area contributed by atoms with Crippen LogP contribution in [0.15, 0.2) is 42.6 Å². The van der Waals surface area contributed by atoms with Gasteiger partial charge < -0.3 is 10.3 Å². The van der Waals surface area contributed by atoms with Crippen LogP contribution < -0.4 is 5.32 Å². The van der Waals surface area contributed by atoms with Gasteiger partial charge in [0.25, 0.3) is 5.69 Å². The van der Waals surface area contributed by atoms with Crippen molar-refractivity contribution in [3.63, 3.8) is 0 Å². The first-order chi connectivity index (χ1) is 10.6. The maximum absolute atomic E-state index is 10.6. The highest BCUT2D eigenvalue weighted by molar-refractivity contribution is 5.84. The highest BCUT2D eigenvalue weighted by atomic mass is 16.6. The quantitative estimate of drug-likeness (QED) is 0.558. The molecular formula is C16H16N4O2. The topological polar surface area (TPSA) is 83.8 Å². The predicted molar refractivity (Wildman–Crippen MR) is 86.1 cm³/mol. The molecule has 0 atom stereocenters. The van der Waals surface area contributed by atoms with Crippen LogP contribution in [0.3, 0.4) is 0 Å². The van der Waals surface area contributed by atoms with Crippen molar-refractivity contribution in [2.75, 3.05) is 11.9 Å². The van der Waals surface area contributed by atoms with Gasteiger partial charge in [0, 0.05) is 29.2 Å². The number of pyridine rings is 1. The smallest absolute Gasteiger partial charge is 0.287 e. The molecule has 22 heavy (non-hydrogen) atoms. The molecule has 1 aromatic carbocycles. The lowest BCUT2D eigenvalue weighted by Gasteiger charge is -2.05. The molecule has 0 saturated heterocycles. The third-order valence-electron chi connectivity index (χ3n) is 3.67. The molecule has 2 N–H and O–H groups in total. The summed E-state index contributed by atoms with van der Waals surface area (Å²) in [6.07, 6.45) is 2.12. The molecule has 2 heterocycles. The van der Waals surface area contributed by atoms with Crippen LogP contribution in [0.4, 0.5) is 11.5 Å². The Balaban J connectivity index is 1.67. The molecule has 0 radical (unpaired) electrons. The van der Waals surface area contributed by atoms with Crippen molar-refractivity contribution in [3.05, 3.63) is 64.0 Å². The van der Waals surface area contributed by atoms with Gasteiger partial charge in [0.2, 0.25) is 0 Å². The number of hydrogen-bond donors (Lipinski definition) is 2. The molecule has 112 valence electrons. The van der Waals surface area contributed by atoms with Gasteiger partial charge >= 0.3 is 0 Å². The second-order valence-corrected chi connectivity index (χ2v) is 5.11. The fourth-order valence-electron chi connectivity index (χ4n) is 2.57. The van der Waals surface area contributed by atoms with Gasteiger partial charge in [-0.2, -0.15) is 0 Å². The molecule has 0 aliphatic carbocycles. The zero-order chi connectivity index (χ0) is 15.5. The number of benzene rings is 1. The van der Waals surface area contributed by atoms with Crippen LogP contribution in [-0.4, -0.2) is 21.4 Å². The van der Waals surface area contributed by atoms with E-state index in [-0.39, 0.29) is 5.69 Å². The minimum atomic E-state index is -0.452. The lowest BCUT2D eigenvalue weighted by atomic mass is 10.1. The van der Waals surface area contributed by atoms with E-state index in [0.717, 1.165) is 11.9 Å². The summed E-state index contributed by atoms with van der Waals surface area (Å²) in [5.74, 6) is 0.642. The molecule has 0 bridgehead atoms. The van der Waals surface area contributed by atoms with E-state index in [1.165, 1.54) is 28.9 Å².